The quantitative estimate of drug-likeness (QED) is 0.850. The highest BCUT2D eigenvalue weighted by Crippen LogP contribution is 2.27. The Morgan fingerprint density at radius 1 is 1.00 bits per heavy atom. The molecule has 2 nitrogen and oxygen atoms in total. The molecule has 0 aliphatic carbocycles. The van der Waals surface area contributed by atoms with Crippen LogP contribution >= 0.6 is 48.0 Å². The predicted molar refractivity (Wildman–Crippen MR) is 80.7 cm³/mol. The number of hydrogen-bond donors (Lipinski definition) is 1. The van der Waals surface area contributed by atoms with Gasteiger partial charge in [-0.25, -0.2) is 0 Å². The van der Waals surface area contributed by atoms with Crippen molar-refractivity contribution < 1.29 is 0 Å². The van der Waals surface area contributed by atoms with Crippen molar-refractivity contribution in [3.63, 3.8) is 0 Å². The molecule has 1 aliphatic rings. The van der Waals surface area contributed by atoms with Crippen molar-refractivity contribution in [1.29, 1.82) is 0 Å². The molecule has 1 aliphatic heterocycles. The van der Waals surface area contributed by atoms with Crippen molar-refractivity contribution in [3.05, 3.63) is 28.2 Å². The third kappa shape index (κ3) is 4.72. The molecular weight excluding hydrogens is 302 g/mol. The van der Waals surface area contributed by atoms with Gasteiger partial charge in [-0.3, -0.25) is 0 Å². The van der Waals surface area contributed by atoms with E-state index in [1.807, 2.05) is 18.2 Å². The van der Waals surface area contributed by atoms with Crippen molar-refractivity contribution in [1.82, 2.24) is 5.32 Å². The Kier molecular flexibility index (Phi) is 8.35. The minimum absolute atomic E-state index is 0. The van der Waals surface area contributed by atoms with Gasteiger partial charge in [0.25, 0.3) is 0 Å². The van der Waals surface area contributed by atoms with Crippen LogP contribution in [0.1, 0.15) is 6.42 Å². The molecule has 1 fully saturated rings. The van der Waals surface area contributed by atoms with Gasteiger partial charge in [-0.05, 0) is 31.2 Å². The van der Waals surface area contributed by atoms with E-state index in [1.54, 1.807) is 0 Å². The molecule has 1 heterocycles. The van der Waals surface area contributed by atoms with E-state index < -0.39 is 0 Å². The Hall–Kier alpha value is 0.140. The summed E-state index contributed by atoms with van der Waals surface area (Å²) in [6, 6.07) is 5.83. The van der Waals surface area contributed by atoms with Gasteiger partial charge >= 0.3 is 0 Å². The first-order valence-corrected chi connectivity index (χ1v) is 5.94. The van der Waals surface area contributed by atoms with Crippen LogP contribution in [0.2, 0.25) is 10.0 Å². The van der Waals surface area contributed by atoms with Gasteiger partial charge in [-0.2, -0.15) is 0 Å². The summed E-state index contributed by atoms with van der Waals surface area (Å²) in [6.45, 7) is 4.22. The first kappa shape index (κ1) is 17.1. The number of benzene rings is 1. The molecule has 0 bridgehead atoms. The van der Waals surface area contributed by atoms with Crippen LogP contribution in [-0.2, 0) is 0 Å². The second-order valence-electron chi connectivity index (χ2n) is 3.69. The minimum Gasteiger partial charge on any atom is -0.370 e. The van der Waals surface area contributed by atoms with Gasteiger partial charge in [-0.1, -0.05) is 23.2 Å². The van der Waals surface area contributed by atoms with Crippen molar-refractivity contribution >= 4 is 53.7 Å². The Balaban J connectivity index is 0.00000128. The lowest BCUT2D eigenvalue weighted by Gasteiger charge is -2.22. The Morgan fingerprint density at radius 2 is 1.76 bits per heavy atom. The van der Waals surface area contributed by atoms with Crippen LogP contribution < -0.4 is 10.2 Å². The van der Waals surface area contributed by atoms with E-state index in [0.29, 0.717) is 10.0 Å². The largest absolute Gasteiger partial charge is 0.370 e. The summed E-state index contributed by atoms with van der Waals surface area (Å²) in [5.41, 5.74) is 1.16. The molecule has 0 amide bonds. The van der Waals surface area contributed by atoms with Crippen molar-refractivity contribution in [2.24, 2.45) is 0 Å². The maximum absolute atomic E-state index is 6.00. The van der Waals surface area contributed by atoms with Crippen LogP contribution in [0, 0.1) is 0 Å². The lowest BCUT2D eigenvalue weighted by atomic mass is 10.2. The van der Waals surface area contributed by atoms with E-state index in [0.717, 1.165) is 31.9 Å². The maximum Gasteiger partial charge on any atom is 0.0612 e. The fraction of sp³-hybridized carbons (Fsp3) is 0.455. The maximum atomic E-state index is 6.00. The summed E-state index contributed by atoms with van der Waals surface area (Å²) < 4.78 is 0. The predicted octanol–water partition coefficient (Wildman–Crippen LogP) is 3.64. The van der Waals surface area contributed by atoms with Crippen LogP contribution in [0.4, 0.5) is 5.69 Å². The molecule has 0 unspecified atom stereocenters. The monoisotopic (exact) mass is 316 g/mol. The average Bonchev–Trinajstić information content (AvgIpc) is 2.50. The van der Waals surface area contributed by atoms with Crippen molar-refractivity contribution in [3.8, 4) is 0 Å². The second kappa shape index (κ2) is 8.28. The standard InChI is InChI=1S/C11H14Cl2N2.2ClH/c12-10-3-2-9(8-11(10)13)15-6-1-4-14-5-7-15;;/h2-3,8,14H,1,4-7H2;2*1H. The number of hydrogen-bond acceptors (Lipinski definition) is 2. The highest BCUT2D eigenvalue weighted by Gasteiger charge is 2.10. The molecule has 1 aromatic rings. The fourth-order valence-corrected chi connectivity index (χ4v) is 2.08. The summed E-state index contributed by atoms with van der Waals surface area (Å²) in [6.07, 6.45) is 1.17. The molecule has 1 N–H and O–H groups in total. The molecule has 6 heteroatoms. The van der Waals surface area contributed by atoms with E-state index in [4.69, 9.17) is 23.2 Å². The third-order valence-electron chi connectivity index (χ3n) is 2.61. The first-order chi connectivity index (χ1) is 7.27. The summed E-state index contributed by atoms with van der Waals surface area (Å²) in [5.74, 6) is 0. The molecule has 1 aromatic carbocycles. The molecule has 2 rings (SSSR count). The molecule has 98 valence electrons. The molecule has 0 saturated carbocycles. The van der Waals surface area contributed by atoms with Gasteiger partial charge in [0.15, 0.2) is 0 Å². The van der Waals surface area contributed by atoms with Gasteiger partial charge in [0, 0.05) is 25.3 Å². The zero-order valence-electron chi connectivity index (χ0n) is 9.29. The minimum atomic E-state index is 0. The van der Waals surface area contributed by atoms with Gasteiger partial charge in [0.2, 0.25) is 0 Å². The SMILES string of the molecule is Cl.Cl.Clc1ccc(N2CCCNCC2)cc1Cl. The molecule has 0 radical (unpaired) electrons. The van der Waals surface area contributed by atoms with E-state index >= 15 is 0 Å². The zero-order chi connectivity index (χ0) is 10.7. The second-order valence-corrected chi connectivity index (χ2v) is 4.50. The van der Waals surface area contributed by atoms with E-state index in [2.05, 4.69) is 10.2 Å². The van der Waals surface area contributed by atoms with Gasteiger partial charge in [0.05, 0.1) is 10.0 Å². The topological polar surface area (TPSA) is 15.3 Å². The highest BCUT2D eigenvalue weighted by molar-refractivity contribution is 6.42. The number of rotatable bonds is 1. The van der Waals surface area contributed by atoms with Gasteiger partial charge < -0.3 is 10.2 Å². The molecule has 17 heavy (non-hydrogen) atoms. The zero-order valence-corrected chi connectivity index (χ0v) is 12.4. The van der Waals surface area contributed by atoms with E-state index in [1.165, 1.54) is 6.42 Å². The normalized spacial score (nSPS) is 15.5. The summed E-state index contributed by atoms with van der Waals surface area (Å²) in [4.78, 5) is 2.34. The smallest absolute Gasteiger partial charge is 0.0612 e. The molecule has 0 atom stereocenters. The fourth-order valence-electron chi connectivity index (χ4n) is 1.79. The highest BCUT2D eigenvalue weighted by atomic mass is 35.5. The molecule has 1 saturated heterocycles. The van der Waals surface area contributed by atoms with Crippen LogP contribution in [0.25, 0.3) is 0 Å². The van der Waals surface area contributed by atoms with E-state index in [9.17, 15) is 0 Å². The Morgan fingerprint density at radius 3 is 2.47 bits per heavy atom. The van der Waals surface area contributed by atoms with Gasteiger partial charge in [0.1, 0.15) is 0 Å². The summed E-state index contributed by atoms with van der Waals surface area (Å²) >= 11 is 11.9. The van der Waals surface area contributed by atoms with Crippen molar-refractivity contribution in [2.45, 2.75) is 6.42 Å². The average molecular weight is 318 g/mol. The summed E-state index contributed by atoms with van der Waals surface area (Å²) in [5, 5.41) is 4.62. The van der Waals surface area contributed by atoms with Gasteiger partial charge in [-0.15, -0.1) is 24.8 Å². The van der Waals surface area contributed by atoms with Crippen LogP contribution in [-0.4, -0.2) is 26.2 Å². The number of halogens is 4. The Labute approximate surface area is 124 Å². The number of anilines is 1. The van der Waals surface area contributed by atoms with Crippen molar-refractivity contribution in [2.75, 3.05) is 31.1 Å². The third-order valence-corrected chi connectivity index (χ3v) is 3.35. The van der Waals surface area contributed by atoms with Crippen LogP contribution in [0.3, 0.4) is 0 Å². The number of nitrogens with one attached hydrogen (secondary N) is 1. The molecule has 0 aromatic heterocycles. The number of nitrogens with zero attached hydrogens (tertiary/aromatic N) is 1. The Bertz CT molecular complexity index is 338. The molecule has 0 spiro atoms. The van der Waals surface area contributed by atoms with Crippen LogP contribution in [0.15, 0.2) is 18.2 Å². The lowest BCUT2D eigenvalue weighted by molar-refractivity contribution is 0.724. The first-order valence-electron chi connectivity index (χ1n) is 5.18. The van der Waals surface area contributed by atoms with E-state index in [-0.39, 0.29) is 24.8 Å². The lowest BCUT2D eigenvalue weighted by Crippen LogP contribution is -2.27. The van der Waals surface area contributed by atoms with Crippen LogP contribution in [0.5, 0.6) is 0 Å². The molecular formula is C11H16Cl4N2. The summed E-state index contributed by atoms with van der Waals surface area (Å²) in [7, 11) is 0.